The zero-order valence-electron chi connectivity index (χ0n) is 12.1. The summed E-state index contributed by atoms with van der Waals surface area (Å²) in [6.07, 6.45) is 3.80. The first-order valence-electron chi connectivity index (χ1n) is 7.24. The zero-order valence-corrected chi connectivity index (χ0v) is 12.1. The standard InChI is InChI=1S/C16H20N4/c1-3-19(4-2)9-10-20-12-18-15-11-17-14-8-6-5-7-13(14)16(15)20/h5-8,11-12H,3-4,9-10H2,1-2H3. The molecule has 0 bridgehead atoms. The van der Waals surface area contributed by atoms with Crippen molar-refractivity contribution in [2.24, 2.45) is 0 Å². The second-order valence-corrected chi connectivity index (χ2v) is 4.97. The van der Waals surface area contributed by atoms with Crippen LogP contribution in [0.1, 0.15) is 13.8 Å². The maximum atomic E-state index is 4.48. The molecule has 2 aromatic heterocycles. The van der Waals surface area contributed by atoms with Gasteiger partial charge < -0.3 is 9.47 Å². The largest absolute Gasteiger partial charge is 0.329 e. The molecule has 0 spiro atoms. The summed E-state index contributed by atoms with van der Waals surface area (Å²) in [6.45, 7) is 8.60. The molecule has 3 rings (SSSR count). The Balaban J connectivity index is 2.01. The fourth-order valence-electron chi connectivity index (χ4n) is 2.66. The zero-order chi connectivity index (χ0) is 13.9. The minimum absolute atomic E-state index is 0.964. The Bertz CT molecular complexity index is 713. The number of imidazole rings is 1. The molecule has 4 nitrogen and oxygen atoms in total. The molecule has 0 aliphatic heterocycles. The van der Waals surface area contributed by atoms with Crippen molar-refractivity contribution in [1.29, 1.82) is 0 Å². The van der Waals surface area contributed by atoms with E-state index in [2.05, 4.69) is 51.5 Å². The molecule has 3 aromatic rings. The summed E-state index contributed by atoms with van der Waals surface area (Å²) in [5, 5.41) is 1.18. The van der Waals surface area contributed by atoms with Crippen LogP contribution < -0.4 is 0 Å². The lowest BCUT2D eigenvalue weighted by molar-refractivity contribution is 0.292. The van der Waals surface area contributed by atoms with Gasteiger partial charge >= 0.3 is 0 Å². The van der Waals surface area contributed by atoms with Crippen molar-refractivity contribution in [1.82, 2.24) is 19.4 Å². The number of hydrogen-bond donors (Lipinski definition) is 0. The van der Waals surface area contributed by atoms with Crippen LogP contribution in [0.5, 0.6) is 0 Å². The highest BCUT2D eigenvalue weighted by atomic mass is 15.1. The quantitative estimate of drug-likeness (QED) is 0.713. The predicted octanol–water partition coefficient (Wildman–Crippen LogP) is 2.93. The van der Waals surface area contributed by atoms with Crippen LogP contribution >= 0.6 is 0 Å². The molecule has 0 aliphatic carbocycles. The average Bonchev–Trinajstić information content (AvgIpc) is 2.92. The number of hydrogen-bond acceptors (Lipinski definition) is 3. The van der Waals surface area contributed by atoms with E-state index in [1.54, 1.807) is 0 Å². The van der Waals surface area contributed by atoms with E-state index >= 15 is 0 Å². The van der Waals surface area contributed by atoms with Crippen molar-refractivity contribution in [3.8, 4) is 0 Å². The number of pyridine rings is 1. The van der Waals surface area contributed by atoms with E-state index in [0.29, 0.717) is 0 Å². The number of rotatable bonds is 5. The predicted molar refractivity (Wildman–Crippen MR) is 82.8 cm³/mol. The molecule has 0 amide bonds. The first-order valence-corrected chi connectivity index (χ1v) is 7.24. The van der Waals surface area contributed by atoms with Gasteiger partial charge in [-0.2, -0.15) is 0 Å². The number of benzene rings is 1. The molecular weight excluding hydrogens is 248 g/mol. The van der Waals surface area contributed by atoms with Gasteiger partial charge in [-0.25, -0.2) is 4.98 Å². The second kappa shape index (κ2) is 5.59. The summed E-state index contributed by atoms with van der Waals surface area (Å²) in [5.74, 6) is 0. The Morgan fingerprint density at radius 1 is 1.05 bits per heavy atom. The van der Waals surface area contributed by atoms with Crippen LogP contribution in [0.25, 0.3) is 21.9 Å². The third-order valence-electron chi connectivity index (χ3n) is 3.90. The van der Waals surface area contributed by atoms with E-state index in [4.69, 9.17) is 0 Å². The smallest absolute Gasteiger partial charge is 0.107 e. The monoisotopic (exact) mass is 268 g/mol. The van der Waals surface area contributed by atoms with E-state index < -0.39 is 0 Å². The van der Waals surface area contributed by atoms with Crippen molar-refractivity contribution in [2.75, 3.05) is 19.6 Å². The molecule has 1 aromatic carbocycles. The van der Waals surface area contributed by atoms with Crippen LogP contribution in [0, 0.1) is 0 Å². The molecule has 4 heteroatoms. The van der Waals surface area contributed by atoms with Crippen LogP contribution in [0.15, 0.2) is 36.8 Å². The minimum Gasteiger partial charge on any atom is -0.329 e. The van der Waals surface area contributed by atoms with Gasteiger partial charge in [0.2, 0.25) is 0 Å². The van der Waals surface area contributed by atoms with Crippen molar-refractivity contribution in [3.05, 3.63) is 36.8 Å². The van der Waals surface area contributed by atoms with Gasteiger partial charge in [0.1, 0.15) is 5.52 Å². The summed E-state index contributed by atoms with van der Waals surface area (Å²) in [5.41, 5.74) is 3.20. The van der Waals surface area contributed by atoms with E-state index in [1.807, 2.05) is 18.6 Å². The molecule has 0 aliphatic rings. The van der Waals surface area contributed by atoms with Crippen LogP contribution in [0.3, 0.4) is 0 Å². The van der Waals surface area contributed by atoms with Gasteiger partial charge in [0.15, 0.2) is 0 Å². The number of fused-ring (bicyclic) bond motifs is 3. The summed E-state index contributed by atoms with van der Waals surface area (Å²) < 4.78 is 2.25. The lowest BCUT2D eigenvalue weighted by Gasteiger charge is -2.18. The fraction of sp³-hybridized carbons (Fsp3) is 0.375. The number of likely N-dealkylation sites (N-methyl/N-ethyl adjacent to an activating group) is 1. The normalized spacial score (nSPS) is 11.8. The molecule has 0 unspecified atom stereocenters. The summed E-state index contributed by atoms with van der Waals surface area (Å²) >= 11 is 0. The highest BCUT2D eigenvalue weighted by Crippen LogP contribution is 2.22. The van der Waals surface area contributed by atoms with Gasteiger partial charge in [-0.1, -0.05) is 32.0 Å². The van der Waals surface area contributed by atoms with Crippen molar-refractivity contribution < 1.29 is 0 Å². The average molecular weight is 268 g/mol. The Hall–Kier alpha value is -1.94. The van der Waals surface area contributed by atoms with Crippen molar-refractivity contribution >= 4 is 21.9 Å². The molecule has 104 valence electrons. The number of nitrogens with zero attached hydrogens (tertiary/aromatic N) is 4. The molecule has 0 fully saturated rings. The van der Waals surface area contributed by atoms with Gasteiger partial charge in [-0.05, 0) is 19.2 Å². The second-order valence-electron chi connectivity index (χ2n) is 4.97. The molecule has 20 heavy (non-hydrogen) atoms. The fourth-order valence-corrected chi connectivity index (χ4v) is 2.66. The topological polar surface area (TPSA) is 34.0 Å². The molecule has 0 atom stereocenters. The highest BCUT2D eigenvalue weighted by molar-refractivity contribution is 6.01. The van der Waals surface area contributed by atoms with Gasteiger partial charge in [0, 0.05) is 18.5 Å². The lowest BCUT2D eigenvalue weighted by Crippen LogP contribution is -2.26. The summed E-state index contributed by atoms with van der Waals surface area (Å²) in [6, 6.07) is 8.26. The van der Waals surface area contributed by atoms with Crippen LogP contribution in [-0.4, -0.2) is 39.1 Å². The first kappa shape index (κ1) is 13.1. The molecule has 0 saturated carbocycles. The van der Waals surface area contributed by atoms with E-state index in [-0.39, 0.29) is 0 Å². The van der Waals surface area contributed by atoms with E-state index in [9.17, 15) is 0 Å². The Morgan fingerprint density at radius 3 is 2.65 bits per heavy atom. The van der Waals surface area contributed by atoms with E-state index in [0.717, 1.165) is 37.2 Å². The molecule has 0 saturated heterocycles. The van der Waals surface area contributed by atoms with Gasteiger partial charge in [0.25, 0.3) is 0 Å². The Labute approximate surface area is 119 Å². The van der Waals surface area contributed by atoms with Gasteiger partial charge in [-0.3, -0.25) is 4.98 Å². The van der Waals surface area contributed by atoms with Gasteiger partial charge in [-0.15, -0.1) is 0 Å². The third-order valence-corrected chi connectivity index (χ3v) is 3.90. The van der Waals surface area contributed by atoms with Crippen LogP contribution in [0.2, 0.25) is 0 Å². The number of para-hydroxylation sites is 1. The van der Waals surface area contributed by atoms with Crippen LogP contribution in [0.4, 0.5) is 0 Å². The van der Waals surface area contributed by atoms with E-state index in [1.165, 1.54) is 10.9 Å². The van der Waals surface area contributed by atoms with Crippen molar-refractivity contribution in [3.63, 3.8) is 0 Å². The third kappa shape index (κ3) is 2.27. The molecule has 0 radical (unpaired) electrons. The van der Waals surface area contributed by atoms with Crippen molar-refractivity contribution in [2.45, 2.75) is 20.4 Å². The van der Waals surface area contributed by atoms with Gasteiger partial charge in [0.05, 0.1) is 23.6 Å². The summed E-state index contributed by atoms with van der Waals surface area (Å²) in [4.78, 5) is 11.4. The lowest BCUT2D eigenvalue weighted by atomic mass is 10.2. The maximum absolute atomic E-state index is 4.48. The first-order chi connectivity index (χ1) is 9.83. The molecule has 0 N–H and O–H groups in total. The number of aromatic nitrogens is 3. The van der Waals surface area contributed by atoms with Crippen LogP contribution in [-0.2, 0) is 6.54 Å². The SMILES string of the molecule is CCN(CC)CCn1cnc2cnc3ccccc3c21. The highest BCUT2D eigenvalue weighted by Gasteiger charge is 2.08. The minimum atomic E-state index is 0.964. The molecule has 2 heterocycles. The maximum Gasteiger partial charge on any atom is 0.107 e. The Morgan fingerprint density at radius 2 is 1.85 bits per heavy atom. The Kier molecular flexibility index (Phi) is 3.65. The summed E-state index contributed by atoms with van der Waals surface area (Å²) in [7, 11) is 0. The molecular formula is C16H20N4.